The standard InChI is InChI=1S/C19H33N5O/c1-7-17-16(12-20-14(2)22-17)18(25)21-13-19(3,4)24-10-8-15(9-11-24)23(5)6/h12,15H,7-11,13H2,1-6H3,(H,21,25). The van der Waals surface area contributed by atoms with Gasteiger partial charge in [0.05, 0.1) is 11.3 Å². The fraction of sp³-hybridized carbons (Fsp3) is 0.737. The van der Waals surface area contributed by atoms with Crippen LogP contribution >= 0.6 is 0 Å². The van der Waals surface area contributed by atoms with Gasteiger partial charge in [-0.15, -0.1) is 0 Å². The van der Waals surface area contributed by atoms with Gasteiger partial charge in [0.15, 0.2) is 0 Å². The lowest BCUT2D eigenvalue weighted by Crippen LogP contribution is -2.55. The molecule has 6 heteroatoms. The first-order chi connectivity index (χ1) is 11.7. The average Bonchev–Trinajstić information content (AvgIpc) is 2.59. The van der Waals surface area contributed by atoms with E-state index in [1.807, 2.05) is 13.8 Å². The molecule has 1 aliphatic rings. The number of carbonyl (C=O) groups is 1. The van der Waals surface area contributed by atoms with E-state index in [1.165, 1.54) is 12.8 Å². The third-order valence-corrected chi connectivity index (χ3v) is 5.30. The molecule has 2 heterocycles. The number of rotatable bonds is 6. The van der Waals surface area contributed by atoms with Gasteiger partial charge in [0.1, 0.15) is 5.82 Å². The summed E-state index contributed by atoms with van der Waals surface area (Å²) in [5.74, 6) is 0.630. The van der Waals surface area contributed by atoms with Crippen LogP contribution in [0.25, 0.3) is 0 Å². The maximum Gasteiger partial charge on any atom is 0.254 e. The first-order valence-corrected chi connectivity index (χ1v) is 9.26. The number of piperidine rings is 1. The van der Waals surface area contributed by atoms with Crippen LogP contribution in [0.4, 0.5) is 0 Å². The number of hydrogen-bond donors (Lipinski definition) is 1. The Labute approximate surface area is 152 Å². The monoisotopic (exact) mass is 347 g/mol. The van der Waals surface area contributed by atoms with Gasteiger partial charge in [0.25, 0.3) is 5.91 Å². The lowest BCUT2D eigenvalue weighted by atomic mass is 9.95. The summed E-state index contributed by atoms with van der Waals surface area (Å²) in [6.45, 7) is 11.0. The number of aromatic nitrogens is 2. The van der Waals surface area contributed by atoms with E-state index in [9.17, 15) is 4.79 Å². The van der Waals surface area contributed by atoms with Crippen LogP contribution in [-0.2, 0) is 6.42 Å². The number of carbonyl (C=O) groups excluding carboxylic acids is 1. The van der Waals surface area contributed by atoms with Gasteiger partial charge in [-0.25, -0.2) is 9.97 Å². The van der Waals surface area contributed by atoms with Crippen LogP contribution in [0.15, 0.2) is 6.20 Å². The van der Waals surface area contributed by atoms with Crippen LogP contribution in [0, 0.1) is 6.92 Å². The smallest absolute Gasteiger partial charge is 0.254 e. The highest BCUT2D eigenvalue weighted by Crippen LogP contribution is 2.22. The van der Waals surface area contributed by atoms with Crippen LogP contribution in [0.3, 0.4) is 0 Å². The number of hydrogen-bond acceptors (Lipinski definition) is 5. The second-order valence-electron chi connectivity index (χ2n) is 7.81. The Hall–Kier alpha value is -1.53. The predicted octanol–water partition coefficient (Wildman–Crippen LogP) is 1.88. The zero-order valence-corrected chi connectivity index (χ0v) is 16.6. The molecule has 0 unspecified atom stereocenters. The summed E-state index contributed by atoms with van der Waals surface area (Å²) in [4.78, 5) is 26.0. The molecule has 6 nitrogen and oxygen atoms in total. The van der Waals surface area contributed by atoms with E-state index in [0.717, 1.165) is 25.2 Å². The molecule has 0 saturated carbocycles. The molecule has 0 aliphatic carbocycles. The molecule has 0 radical (unpaired) electrons. The maximum atomic E-state index is 12.6. The van der Waals surface area contributed by atoms with Crippen LogP contribution in [0.5, 0.6) is 0 Å². The summed E-state index contributed by atoms with van der Waals surface area (Å²) in [6.07, 6.45) is 4.73. The molecule has 0 spiro atoms. The number of aryl methyl sites for hydroxylation is 2. The van der Waals surface area contributed by atoms with Crippen LogP contribution in [0.2, 0.25) is 0 Å². The van der Waals surface area contributed by atoms with Crippen molar-refractivity contribution in [2.75, 3.05) is 33.7 Å². The summed E-state index contributed by atoms with van der Waals surface area (Å²) in [5.41, 5.74) is 1.34. The van der Waals surface area contributed by atoms with Crippen LogP contribution in [-0.4, -0.2) is 71.0 Å². The number of nitrogens with one attached hydrogen (secondary N) is 1. The van der Waals surface area contributed by atoms with Crippen molar-refractivity contribution in [2.24, 2.45) is 0 Å². The minimum Gasteiger partial charge on any atom is -0.350 e. The minimum absolute atomic E-state index is 0.0646. The largest absolute Gasteiger partial charge is 0.350 e. The Kier molecular flexibility index (Phi) is 6.52. The van der Waals surface area contributed by atoms with Gasteiger partial charge < -0.3 is 10.2 Å². The SMILES string of the molecule is CCc1nc(C)ncc1C(=O)NCC(C)(C)N1CCC(N(C)C)CC1. The fourth-order valence-electron chi connectivity index (χ4n) is 3.47. The van der Waals surface area contributed by atoms with Crippen molar-refractivity contribution < 1.29 is 4.79 Å². The molecule has 25 heavy (non-hydrogen) atoms. The Morgan fingerprint density at radius 1 is 1.36 bits per heavy atom. The second-order valence-corrected chi connectivity index (χ2v) is 7.81. The molecule has 1 N–H and O–H groups in total. The molecule has 0 bridgehead atoms. The average molecular weight is 348 g/mol. The van der Waals surface area contributed by atoms with Crippen LogP contribution in [0.1, 0.15) is 55.5 Å². The van der Waals surface area contributed by atoms with E-state index >= 15 is 0 Å². The van der Waals surface area contributed by atoms with Crippen molar-refractivity contribution in [1.82, 2.24) is 25.1 Å². The zero-order chi connectivity index (χ0) is 18.6. The van der Waals surface area contributed by atoms with Crippen molar-refractivity contribution in [3.8, 4) is 0 Å². The Bertz CT molecular complexity index is 591. The quantitative estimate of drug-likeness (QED) is 0.851. The van der Waals surface area contributed by atoms with E-state index in [-0.39, 0.29) is 11.4 Å². The van der Waals surface area contributed by atoms with E-state index in [4.69, 9.17) is 0 Å². The Balaban J connectivity index is 1.94. The van der Waals surface area contributed by atoms with Crippen LogP contribution < -0.4 is 5.32 Å². The van der Waals surface area contributed by atoms with Gasteiger partial charge in [0, 0.05) is 37.4 Å². The summed E-state index contributed by atoms with van der Waals surface area (Å²) in [7, 11) is 4.31. The van der Waals surface area contributed by atoms with Crippen molar-refractivity contribution in [3.05, 3.63) is 23.3 Å². The van der Waals surface area contributed by atoms with E-state index < -0.39 is 0 Å². The van der Waals surface area contributed by atoms with Gasteiger partial charge in [-0.1, -0.05) is 6.92 Å². The molecule has 2 rings (SSSR count). The normalized spacial score (nSPS) is 17.1. The molecule has 1 fully saturated rings. The molecule has 1 saturated heterocycles. The van der Waals surface area contributed by atoms with Crippen molar-refractivity contribution in [2.45, 2.75) is 58.5 Å². The Morgan fingerprint density at radius 2 is 2.00 bits per heavy atom. The first-order valence-electron chi connectivity index (χ1n) is 9.26. The highest BCUT2D eigenvalue weighted by Gasteiger charge is 2.31. The molecule has 0 atom stereocenters. The van der Waals surface area contributed by atoms with Gasteiger partial charge in [-0.3, -0.25) is 9.69 Å². The summed E-state index contributed by atoms with van der Waals surface area (Å²) >= 11 is 0. The lowest BCUT2D eigenvalue weighted by molar-refractivity contribution is 0.0587. The van der Waals surface area contributed by atoms with Gasteiger partial charge >= 0.3 is 0 Å². The predicted molar refractivity (Wildman–Crippen MR) is 101 cm³/mol. The number of nitrogens with zero attached hydrogens (tertiary/aromatic N) is 4. The first kappa shape index (κ1) is 19.8. The lowest BCUT2D eigenvalue weighted by Gasteiger charge is -2.44. The van der Waals surface area contributed by atoms with E-state index in [1.54, 1.807) is 6.20 Å². The topological polar surface area (TPSA) is 61.4 Å². The van der Waals surface area contributed by atoms with Gasteiger partial charge in [-0.2, -0.15) is 0 Å². The molecule has 1 aliphatic heterocycles. The third-order valence-electron chi connectivity index (χ3n) is 5.30. The number of amides is 1. The molecule has 1 aromatic rings. The summed E-state index contributed by atoms with van der Waals surface area (Å²) < 4.78 is 0. The van der Waals surface area contributed by atoms with Gasteiger partial charge in [-0.05, 0) is 54.1 Å². The Morgan fingerprint density at radius 3 is 2.56 bits per heavy atom. The van der Waals surface area contributed by atoms with Crippen molar-refractivity contribution in [3.63, 3.8) is 0 Å². The third kappa shape index (κ3) is 4.98. The summed E-state index contributed by atoms with van der Waals surface area (Å²) in [5, 5.41) is 3.09. The number of likely N-dealkylation sites (tertiary alicyclic amines) is 1. The maximum absolute atomic E-state index is 12.6. The molecular weight excluding hydrogens is 314 g/mol. The second kappa shape index (κ2) is 8.23. The van der Waals surface area contributed by atoms with E-state index in [2.05, 4.69) is 53.0 Å². The zero-order valence-electron chi connectivity index (χ0n) is 16.6. The summed E-state index contributed by atoms with van der Waals surface area (Å²) in [6, 6.07) is 0.665. The van der Waals surface area contributed by atoms with Crippen molar-refractivity contribution >= 4 is 5.91 Å². The fourth-order valence-corrected chi connectivity index (χ4v) is 3.47. The molecule has 0 aromatic carbocycles. The van der Waals surface area contributed by atoms with E-state index in [0.29, 0.717) is 24.0 Å². The molecule has 140 valence electrons. The molecule has 1 amide bonds. The van der Waals surface area contributed by atoms with Crippen molar-refractivity contribution in [1.29, 1.82) is 0 Å². The minimum atomic E-state index is -0.0758. The molecule has 1 aromatic heterocycles. The molecular formula is C19H33N5O. The highest BCUT2D eigenvalue weighted by atomic mass is 16.1. The van der Waals surface area contributed by atoms with Gasteiger partial charge in [0.2, 0.25) is 0 Å². The highest BCUT2D eigenvalue weighted by molar-refractivity contribution is 5.95.